The molecule has 0 bridgehead atoms. The smallest absolute Gasteiger partial charge is 0.342 e. The van der Waals surface area contributed by atoms with Gasteiger partial charge in [0, 0.05) is 6.07 Å². The van der Waals surface area contributed by atoms with E-state index in [0.29, 0.717) is 5.76 Å². The van der Waals surface area contributed by atoms with Gasteiger partial charge in [-0.25, -0.2) is 9.89 Å². The first-order chi connectivity index (χ1) is 7.25. The molecule has 0 spiro atoms. The highest BCUT2D eigenvalue weighted by Crippen LogP contribution is 1.98. The number of nitrogens with zero attached hydrogens (tertiary/aromatic N) is 2. The normalized spacial score (nSPS) is 10.1. The van der Waals surface area contributed by atoms with Crippen LogP contribution in [0, 0.1) is 0 Å². The summed E-state index contributed by atoms with van der Waals surface area (Å²) in [4.78, 5) is 23.8. The number of H-pyrrole nitrogens is 2. The summed E-state index contributed by atoms with van der Waals surface area (Å²) in [7, 11) is 0. The molecule has 0 unspecified atom stereocenters. The average Bonchev–Trinajstić information content (AvgIpc) is 2.69. The van der Waals surface area contributed by atoms with Gasteiger partial charge in [0.15, 0.2) is 5.76 Å². The Kier molecular flexibility index (Phi) is 2.31. The maximum absolute atomic E-state index is 11.2. The first kappa shape index (κ1) is 9.19. The van der Waals surface area contributed by atoms with Crippen molar-refractivity contribution in [2.45, 2.75) is 6.54 Å². The van der Waals surface area contributed by atoms with Crippen LogP contribution in [0.15, 0.2) is 26.4 Å². The fourth-order valence-electron chi connectivity index (χ4n) is 0.972. The summed E-state index contributed by atoms with van der Waals surface area (Å²) in [6.07, 6.45) is 1.49. The zero-order valence-electron chi connectivity index (χ0n) is 7.48. The summed E-state index contributed by atoms with van der Waals surface area (Å²) in [6, 6.07) is 1.65. The van der Waals surface area contributed by atoms with Crippen LogP contribution >= 0.6 is 0 Å². The second kappa shape index (κ2) is 3.78. The van der Waals surface area contributed by atoms with Crippen LogP contribution in [-0.2, 0) is 6.54 Å². The van der Waals surface area contributed by atoms with Gasteiger partial charge in [-0.3, -0.25) is 9.78 Å². The molecule has 78 valence electrons. The van der Waals surface area contributed by atoms with Crippen molar-refractivity contribution >= 4 is 5.82 Å². The Morgan fingerprint density at radius 2 is 2.33 bits per heavy atom. The van der Waals surface area contributed by atoms with Crippen molar-refractivity contribution < 1.29 is 4.52 Å². The summed E-state index contributed by atoms with van der Waals surface area (Å²) < 4.78 is 4.79. The zero-order chi connectivity index (χ0) is 10.7. The van der Waals surface area contributed by atoms with Gasteiger partial charge in [0.2, 0.25) is 5.82 Å². The summed E-state index contributed by atoms with van der Waals surface area (Å²) in [5.74, 6) is 0.577. The van der Waals surface area contributed by atoms with Gasteiger partial charge in [-0.1, -0.05) is 5.16 Å². The van der Waals surface area contributed by atoms with Crippen LogP contribution in [0.4, 0.5) is 5.82 Å². The van der Waals surface area contributed by atoms with Gasteiger partial charge in [-0.05, 0) is 0 Å². The minimum Gasteiger partial charge on any atom is -0.360 e. The second-order valence-electron chi connectivity index (χ2n) is 2.69. The molecule has 2 aromatic rings. The molecule has 0 aliphatic carbocycles. The van der Waals surface area contributed by atoms with Crippen molar-refractivity contribution in [3.63, 3.8) is 0 Å². The number of anilines is 1. The number of hydrogen-bond donors (Lipinski definition) is 3. The van der Waals surface area contributed by atoms with E-state index in [9.17, 15) is 9.59 Å². The predicted octanol–water partition coefficient (Wildman–Crippen LogP) is -0.942. The van der Waals surface area contributed by atoms with E-state index in [-0.39, 0.29) is 12.4 Å². The van der Waals surface area contributed by atoms with Gasteiger partial charge in [-0.2, -0.15) is 0 Å². The molecule has 0 aliphatic heterocycles. The molecule has 2 aromatic heterocycles. The molecule has 3 N–H and O–H groups in total. The quantitative estimate of drug-likeness (QED) is 0.600. The molecule has 8 nitrogen and oxygen atoms in total. The van der Waals surface area contributed by atoms with Crippen LogP contribution in [0.25, 0.3) is 0 Å². The van der Waals surface area contributed by atoms with Crippen LogP contribution in [0.3, 0.4) is 0 Å². The van der Waals surface area contributed by atoms with E-state index in [2.05, 4.69) is 20.7 Å². The molecule has 0 fully saturated rings. The van der Waals surface area contributed by atoms with E-state index in [0.717, 1.165) is 0 Å². The molecule has 8 heteroatoms. The highest BCUT2D eigenvalue weighted by molar-refractivity contribution is 5.29. The van der Waals surface area contributed by atoms with Crippen molar-refractivity contribution in [3.8, 4) is 0 Å². The first-order valence-electron chi connectivity index (χ1n) is 4.08. The van der Waals surface area contributed by atoms with Gasteiger partial charge in [0.25, 0.3) is 5.56 Å². The van der Waals surface area contributed by atoms with Crippen molar-refractivity contribution in [3.05, 3.63) is 38.9 Å². The third-order valence-corrected chi connectivity index (χ3v) is 1.63. The van der Waals surface area contributed by atoms with E-state index in [1.807, 2.05) is 4.98 Å². The van der Waals surface area contributed by atoms with Crippen molar-refractivity contribution in [1.82, 2.24) is 20.3 Å². The van der Waals surface area contributed by atoms with Crippen LogP contribution < -0.4 is 16.6 Å². The number of rotatable bonds is 3. The maximum atomic E-state index is 11.2. The molecular weight excluding hydrogens is 202 g/mol. The Labute approximate surface area is 82.3 Å². The summed E-state index contributed by atoms with van der Waals surface area (Å²) in [5, 5.41) is 11.8. The van der Waals surface area contributed by atoms with Gasteiger partial charge < -0.3 is 9.84 Å². The van der Waals surface area contributed by atoms with Crippen molar-refractivity contribution in [1.29, 1.82) is 0 Å². The molecule has 0 saturated heterocycles. The molecule has 0 aliphatic rings. The number of nitrogens with one attached hydrogen (secondary N) is 3. The molecule has 2 heterocycles. The largest absolute Gasteiger partial charge is 0.360 e. The lowest BCUT2D eigenvalue weighted by molar-refractivity contribution is 0.388. The van der Waals surface area contributed by atoms with Crippen molar-refractivity contribution in [2.75, 3.05) is 5.32 Å². The third kappa shape index (κ3) is 2.10. The van der Waals surface area contributed by atoms with E-state index in [1.54, 1.807) is 6.07 Å². The Balaban J connectivity index is 2.12. The standard InChI is InChI=1S/C7H7N5O3/c13-6-5(11-12-7(14)10-6)8-3-4-1-2-9-15-4/h1-2H,3H2,(H,8,11)(H2,10,12,13,14). The van der Waals surface area contributed by atoms with Gasteiger partial charge >= 0.3 is 5.69 Å². The lowest BCUT2D eigenvalue weighted by Gasteiger charge is -1.99. The lowest BCUT2D eigenvalue weighted by atomic mass is 10.4. The van der Waals surface area contributed by atoms with Crippen LogP contribution in [-0.4, -0.2) is 20.3 Å². The van der Waals surface area contributed by atoms with E-state index in [4.69, 9.17) is 4.52 Å². The highest BCUT2D eigenvalue weighted by atomic mass is 16.5. The molecular formula is C7H7N5O3. The molecule has 15 heavy (non-hydrogen) atoms. The predicted molar refractivity (Wildman–Crippen MR) is 49.3 cm³/mol. The van der Waals surface area contributed by atoms with E-state index >= 15 is 0 Å². The Morgan fingerprint density at radius 1 is 1.47 bits per heavy atom. The second-order valence-corrected chi connectivity index (χ2v) is 2.69. The van der Waals surface area contributed by atoms with Crippen molar-refractivity contribution in [2.24, 2.45) is 0 Å². The fraction of sp³-hybridized carbons (Fsp3) is 0.143. The zero-order valence-corrected chi connectivity index (χ0v) is 7.48. The van der Waals surface area contributed by atoms with Gasteiger partial charge in [0.1, 0.15) is 0 Å². The van der Waals surface area contributed by atoms with Crippen LogP contribution in [0.5, 0.6) is 0 Å². The lowest BCUT2D eigenvalue weighted by Crippen LogP contribution is -2.26. The monoisotopic (exact) mass is 209 g/mol. The van der Waals surface area contributed by atoms with Gasteiger partial charge in [-0.15, -0.1) is 5.10 Å². The Bertz CT molecular complexity index is 540. The Hall–Kier alpha value is -2.38. The van der Waals surface area contributed by atoms with Crippen LogP contribution in [0.1, 0.15) is 5.76 Å². The minimum absolute atomic E-state index is 0.0194. The third-order valence-electron chi connectivity index (χ3n) is 1.63. The maximum Gasteiger partial charge on any atom is 0.342 e. The Morgan fingerprint density at radius 3 is 3.00 bits per heavy atom. The van der Waals surface area contributed by atoms with Crippen LogP contribution in [0.2, 0.25) is 0 Å². The number of aromatic nitrogens is 4. The average molecular weight is 209 g/mol. The fourth-order valence-corrected chi connectivity index (χ4v) is 0.972. The molecule has 0 aromatic carbocycles. The highest BCUT2D eigenvalue weighted by Gasteiger charge is 2.02. The minimum atomic E-state index is -0.648. The molecule has 0 radical (unpaired) electrons. The molecule has 2 rings (SSSR count). The molecule has 0 amide bonds. The van der Waals surface area contributed by atoms with E-state index < -0.39 is 11.2 Å². The van der Waals surface area contributed by atoms with Gasteiger partial charge in [0.05, 0.1) is 12.7 Å². The molecule has 0 atom stereocenters. The summed E-state index contributed by atoms with van der Waals surface area (Å²) in [5.41, 5.74) is -1.23. The first-order valence-corrected chi connectivity index (χ1v) is 4.08. The number of hydrogen-bond acceptors (Lipinski definition) is 6. The number of aromatic amines is 2. The summed E-state index contributed by atoms with van der Waals surface area (Å²) >= 11 is 0. The van der Waals surface area contributed by atoms with E-state index in [1.165, 1.54) is 6.20 Å². The summed E-state index contributed by atoms with van der Waals surface area (Å²) in [6.45, 7) is 0.266. The molecule has 0 saturated carbocycles. The topological polar surface area (TPSA) is 117 Å². The SMILES string of the molecule is O=c1[nH]nc(NCc2ccno2)c(=O)[nH]1.